The van der Waals surface area contributed by atoms with Gasteiger partial charge in [0.25, 0.3) is 0 Å². The van der Waals surface area contributed by atoms with Gasteiger partial charge >= 0.3 is 0 Å². The molecule has 2 N–H and O–H groups in total. The first kappa shape index (κ1) is 31.9. The number of hydrogen-bond acceptors (Lipinski definition) is 3. The fourth-order valence-electron chi connectivity index (χ4n) is 4.71. The minimum Gasteiger partial charge on any atom is -0.392 e. The van der Waals surface area contributed by atoms with E-state index in [0.717, 1.165) is 25.7 Å². The first-order chi connectivity index (χ1) is 15.6. The Hall–Kier alpha value is -0.120. The molecule has 0 amide bonds. The van der Waals surface area contributed by atoms with Gasteiger partial charge in [0.15, 0.2) is 0 Å². The summed E-state index contributed by atoms with van der Waals surface area (Å²) in [6, 6.07) is 0. The predicted molar refractivity (Wildman–Crippen MR) is 142 cm³/mol. The third-order valence-electron chi connectivity index (χ3n) is 6.83. The highest BCUT2D eigenvalue weighted by molar-refractivity contribution is 4.66. The molecule has 2 atom stereocenters. The summed E-state index contributed by atoms with van der Waals surface area (Å²) in [6.07, 6.45) is 28.0. The summed E-state index contributed by atoms with van der Waals surface area (Å²) in [5.41, 5.74) is 0. The van der Waals surface area contributed by atoms with Gasteiger partial charge in [0.05, 0.1) is 12.2 Å². The van der Waals surface area contributed by atoms with E-state index < -0.39 is 0 Å². The van der Waals surface area contributed by atoms with Crippen LogP contribution in [0.25, 0.3) is 0 Å². The van der Waals surface area contributed by atoms with E-state index >= 15 is 0 Å². The average Bonchev–Trinajstić information content (AvgIpc) is 2.76. The number of aliphatic hydroxyl groups is 2. The maximum atomic E-state index is 10.3. The molecule has 0 heterocycles. The van der Waals surface area contributed by atoms with Crippen LogP contribution in [-0.2, 0) is 0 Å². The summed E-state index contributed by atoms with van der Waals surface area (Å²) in [7, 11) is 2.03. The average molecular weight is 456 g/mol. The fraction of sp³-hybridized carbons (Fsp3) is 1.00. The molecule has 0 fully saturated rings. The molecule has 32 heavy (non-hydrogen) atoms. The maximum Gasteiger partial charge on any atom is 0.0667 e. The Morgan fingerprint density at radius 1 is 0.438 bits per heavy atom. The molecule has 0 saturated carbocycles. The van der Waals surface area contributed by atoms with Crippen molar-refractivity contribution in [2.75, 3.05) is 20.1 Å². The van der Waals surface area contributed by atoms with E-state index in [9.17, 15) is 10.2 Å². The Balaban J connectivity index is 3.44. The first-order valence-electron chi connectivity index (χ1n) is 14.6. The molecule has 0 aromatic carbocycles. The zero-order valence-corrected chi connectivity index (χ0v) is 22.5. The van der Waals surface area contributed by atoms with Gasteiger partial charge in [-0.1, -0.05) is 142 Å². The van der Waals surface area contributed by atoms with Gasteiger partial charge in [-0.2, -0.15) is 0 Å². The Morgan fingerprint density at radius 2 is 0.688 bits per heavy atom. The lowest BCUT2D eigenvalue weighted by Gasteiger charge is -2.23. The molecule has 3 nitrogen and oxygen atoms in total. The predicted octanol–water partition coefficient (Wildman–Crippen LogP) is 8.26. The third-order valence-corrected chi connectivity index (χ3v) is 6.83. The van der Waals surface area contributed by atoms with Crippen LogP contribution in [0.1, 0.15) is 155 Å². The first-order valence-corrected chi connectivity index (χ1v) is 14.6. The van der Waals surface area contributed by atoms with E-state index in [-0.39, 0.29) is 12.2 Å². The normalized spacial score (nSPS) is 13.7. The van der Waals surface area contributed by atoms with Gasteiger partial charge in [0.2, 0.25) is 0 Å². The maximum absolute atomic E-state index is 10.3. The molecule has 0 bridgehead atoms. The molecule has 0 aromatic heterocycles. The summed E-state index contributed by atoms with van der Waals surface area (Å²) in [4.78, 5) is 2.11. The zero-order valence-electron chi connectivity index (χ0n) is 22.5. The van der Waals surface area contributed by atoms with Crippen LogP contribution in [0.5, 0.6) is 0 Å². The highest BCUT2D eigenvalue weighted by Crippen LogP contribution is 2.14. The van der Waals surface area contributed by atoms with Crippen molar-refractivity contribution < 1.29 is 10.2 Å². The molecule has 0 spiro atoms. The quantitative estimate of drug-likeness (QED) is 0.129. The van der Waals surface area contributed by atoms with E-state index in [1.54, 1.807) is 0 Å². The molecule has 0 radical (unpaired) electrons. The van der Waals surface area contributed by atoms with E-state index in [4.69, 9.17) is 0 Å². The Labute approximate surface area is 202 Å². The van der Waals surface area contributed by atoms with Gasteiger partial charge in [-0.15, -0.1) is 0 Å². The smallest absolute Gasteiger partial charge is 0.0667 e. The third kappa shape index (κ3) is 24.5. The van der Waals surface area contributed by atoms with E-state index in [1.165, 1.54) is 116 Å². The zero-order chi connectivity index (χ0) is 23.7. The lowest BCUT2D eigenvalue weighted by molar-refractivity contribution is 0.0737. The summed E-state index contributed by atoms with van der Waals surface area (Å²) >= 11 is 0. The van der Waals surface area contributed by atoms with Gasteiger partial charge in [-0.05, 0) is 19.9 Å². The van der Waals surface area contributed by atoms with Crippen LogP contribution < -0.4 is 0 Å². The van der Waals surface area contributed by atoms with Gasteiger partial charge in [-0.25, -0.2) is 0 Å². The number of aliphatic hydroxyl groups excluding tert-OH is 2. The number of unbranched alkanes of at least 4 members (excludes halogenated alkanes) is 18. The summed E-state index contributed by atoms with van der Waals surface area (Å²) in [5.74, 6) is 0. The van der Waals surface area contributed by atoms with Crippen LogP contribution in [-0.4, -0.2) is 47.5 Å². The largest absolute Gasteiger partial charge is 0.392 e. The SMILES string of the molecule is CCCCCCCCCCCCC(O)CN(C)CC(O)CCCCCCCCCCCC. The lowest BCUT2D eigenvalue weighted by atomic mass is 10.0. The van der Waals surface area contributed by atoms with E-state index in [1.807, 2.05) is 7.05 Å². The summed E-state index contributed by atoms with van der Waals surface area (Å²) < 4.78 is 0. The molecule has 0 aromatic rings. The van der Waals surface area contributed by atoms with Crippen molar-refractivity contribution >= 4 is 0 Å². The number of likely N-dealkylation sites (N-methyl/N-ethyl adjacent to an activating group) is 1. The minimum atomic E-state index is -0.251. The van der Waals surface area contributed by atoms with E-state index in [0.29, 0.717) is 13.1 Å². The fourth-order valence-corrected chi connectivity index (χ4v) is 4.71. The topological polar surface area (TPSA) is 43.7 Å². The molecular weight excluding hydrogens is 394 g/mol. The van der Waals surface area contributed by atoms with Crippen LogP contribution in [0.15, 0.2) is 0 Å². The Bertz CT molecular complexity index is 318. The second-order valence-electron chi connectivity index (χ2n) is 10.5. The number of nitrogens with zero attached hydrogens (tertiary/aromatic N) is 1. The molecule has 0 rings (SSSR count). The van der Waals surface area contributed by atoms with Crippen molar-refractivity contribution in [3.8, 4) is 0 Å². The molecule has 0 saturated heterocycles. The molecule has 0 aliphatic heterocycles. The second-order valence-corrected chi connectivity index (χ2v) is 10.5. The van der Waals surface area contributed by atoms with Crippen LogP contribution >= 0.6 is 0 Å². The highest BCUT2D eigenvalue weighted by Gasteiger charge is 2.12. The Kier molecular flexibility index (Phi) is 25.4. The van der Waals surface area contributed by atoms with Crippen molar-refractivity contribution in [3.63, 3.8) is 0 Å². The Morgan fingerprint density at radius 3 is 0.969 bits per heavy atom. The molecule has 2 unspecified atom stereocenters. The molecule has 0 aliphatic rings. The standard InChI is InChI=1S/C29H61NO2/c1-4-6-8-10-12-14-16-18-20-22-24-28(31)26-30(3)27-29(32)25-23-21-19-17-15-13-11-9-7-5-2/h28-29,31-32H,4-27H2,1-3H3. The number of rotatable bonds is 26. The van der Waals surface area contributed by atoms with Gasteiger partial charge in [0.1, 0.15) is 0 Å². The van der Waals surface area contributed by atoms with Crippen molar-refractivity contribution in [1.82, 2.24) is 4.90 Å². The molecule has 3 heteroatoms. The second kappa shape index (κ2) is 25.5. The van der Waals surface area contributed by atoms with Crippen molar-refractivity contribution in [3.05, 3.63) is 0 Å². The lowest BCUT2D eigenvalue weighted by Crippen LogP contribution is -2.35. The van der Waals surface area contributed by atoms with Crippen LogP contribution in [0.2, 0.25) is 0 Å². The minimum absolute atomic E-state index is 0.251. The summed E-state index contributed by atoms with van der Waals surface area (Å²) in [6.45, 7) is 5.92. The molecular formula is C29H61NO2. The van der Waals surface area contributed by atoms with Gasteiger partial charge in [0, 0.05) is 13.1 Å². The number of hydrogen-bond donors (Lipinski definition) is 2. The van der Waals surface area contributed by atoms with Crippen molar-refractivity contribution in [1.29, 1.82) is 0 Å². The van der Waals surface area contributed by atoms with Crippen molar-refractivity contribution in [2.45, 2.75) is 167 Å². The highest BCUT2D eigenvalue weighted by atomic mass is 16.3. The molecule has 0 aliphatic carbocycles. The monoisotopic (exact) mass is 455 g/mol. The van der Waals surface area contributed by atoms with Crippen LogP contribution in [0, 0.1) is 0 Å². The van der Waals surface area contributed by atoms with E-state index in [2.05, 4.69) is 18.7 Å². The van der Waals surface area contributed by atoms with Crippen LogP contribution in [0.4, 0.5) is 0 Å². The van der Waals surface area contributed by atoms with Crippen LogP contribution in [0.3, 0.4) is 0 Å². The summed E-state index contributed by atoms with van der Waals surface area (Å²) in [5, 5.41) is 20.6. The van der Waals surface area contributed by atoms with Gasteiger partial charge in [-0.3, -0.25) is 0 Å². The van der Waals surface area contributed by atoms with Gasteiger partial charge < -0.3 is 15.1 Å². The molecule has 194 valence electrons. The van der Waals surface area contributed by atoms with Crippen molar-refractivity contribution in [2.24, 2.45) is 0 Å².